The van der Waals surface area contributed by atoms with Crippen molar-refractivity contribution < 1.29 is 13.9 Å². The first kappa shape index (κ1) is 20.7. The first-order valence-electron chi connectivity index (χ1n) is 9.24. The lowest BCUT2D eigenvalue weighted by atomic mass is 10.1. The Labute approximate surface area is 185 Å². The third-order valence-electron chi connectivity index (χ3n) is 4.61. The first-order valence-corrected chi connectivity index (χ1v) is 10.0. The van der Waals surface area contributed by atoms with Crippen molar-refractivity contribution in [1.29, 1.82) is 0 Å². The maximum atomic E-state index is 13.3. The van der Waals surface area contributed by atoms with Gasteiger partial charge in [0, 0.05) is 16.1 Å². The molecule has 0 radical (unpaired) electrons. The Bertz CT molecular complexity index is 1330. The fraction of sp³-hybridized carbons (Fsp3) is 0.0870. The molecule has 0 N–H and O–H groups in total. The van der Waals surface area contributed by atoms with Crippen LogP contribution in [0.5, 0.6) is 11.5 Å². The maximum Gasteiger partial charge on any atom is 0.282 e. The van der Waals surface area contributed by atoms with E-state index in [1.165, 1.54) is 23.0 Å². The Kier molecular flexibility index (Phi) is 5.81. The predicted molar refractivity (Wildman–Crippen MR) is 122 cm³/mol. The quantitative estimate of drug-likeness (QED) is 0.381. The lowest BCUT2D eigenvalue weighted by Gasteiger charge is -2.12. The lowest BCUT2D eigenvalue weighted by Crippen LogP contribution is -2.20. The molecule has 156 valence electrons. The van der Waals surface area contributed by atoms with Crippen molar-refractivity contribution in [3.8, 4) is 22.9 Å². The average molecular weight is 482 g/mol. The molecule has 4 aromatic rings. The van der Waals surface area contributed by atoms with E-state index in [4.69, 9.17) is 9.47 Å². The Morgan fingerprint density at radius 2 is 1.68 bits per heavy atom. The van der Waals surface area contributed by atoms with E-state index < -0.39 is 0 Å². The molecule has 0 saturated heterocycles. The van der Waals surface area contributed by atoms with Crippen LogP contribution in [0.2, 0.25) is 0 Å². The molecular formula is C23H17BrFN3O3. The highest BCUT2D eigenvalue weighted by atomic mass is 79.9. The highest BCUT2D eigenvalue weighted by Gasteiger charge is 2.15. The van der Waals surface area contributed by atoms with Gasteiger partial charge >= 0.3 is 0 Å². The normalized spacial score (nSPS) is 11.2. The van der Waals surface area contributed by atoms with Gasteiger partial charge in [0.2, 0.25) is 0 Å². The van der Waals surface area contributed by atoms with Crippen LogP contribution in [0.25, 0.3) is 22.3 Å². The summed E-state index contributed by atoms with van der Waals surface area (Å²) in [5, 5.41) is 4.78. The van der Waals surface area contributed by atoms with E-state index in [0.29, 0.717) is 39.4 Å². The smallest absolute Gasteiger partial charge is 0.282 e. The summed E-state index contributed by atoms with van der Waals surface area (Å²) in [6.07, 6.45) is 1.48. The number of nitrogens with zero attached hydrogens (tertiary/aromatic N) is 3. The van der Waals surface area contributed by atoms with E-state index in [1.807, 2.05) is 6.07 Å². The zero-order valence-corrected chi connectivity index (χ0v) is 18.3. The van der Waals surface area contributed by atoms with Crippen molar-refractivity contribution in [3.05, 3.63) is 86.9 Å². The van der Waals surface area contributed by atoms with E-state index in [0.717, 1.165) is 4.47 Å². The summed E-state index contributed by atoms with van der Waals surface area (Å²) in [7, 11) is 3.09. The van der Waals surface area contributed by atoms with Crippen LogP contribution in [0.3, 0.4) is 0 Å². The summed E-state index contributed by atoms with van der Waals surface area (Å²) >= 11 is 3.39. The average Bonchev–Trinajstić information content (AvgIpc) is 2.79. The third kappa shape index (κ3) is 4.34. The molecule has 0 unspecified atom stereocenters. The van der Waals surface area contributed by atoms with Gasteiger partial charge in [0.05, 0.1) is 31.3 Å². The van der Waals surface area contributed by atoms with Gasteiger partial charge in [0.1, 0.15) is 17.3 Å². The zero-order valence-electron chi connectivity index (χ0n) is 16.7. The summed E-state index contributed by atoms with van der Waals surface area (Å²) in [6, 6.07) is 16.3. The molecule has 31 heavy (non-hydrogen) atoms. The molecule has 0 amide bonds. The number of fused-ring (bicyclic) bond motifs is 1. The van der Waals surface area contributed by atoms with Gasteiger partial charge in [0.25, 0.3) is 5.56 Å². The largest absolute Gasteiger partial charge is 0.497 e. The molecule has 1 heterocycles. The number of hydrogen-bond acceptors (Lipinski definition) is 5. The fourth-order valence-corrected chi connectivity index (χ4v) is 3.41. The second-order valence-electron chi connectivity index (χ2n) is 6.61. The minimum Gasteiger partial charge on any atom is -0.497 e. The van der Waals surface area contributed by atoms with Gasteiger partial charge in [-0.15, -0.1) is 0 Å². The monoisotopic (exact) mass is 481 g/mol. The van der Waals surface area contributed by atoms with Crippen LogP contribution in [0.15, 0.2) is 75.0 Å². The first-order chi connectivity index (χ1) is 15.0. The Morgan fingerprint density at radius 3 is 2.32 bits per heavy atom. The summed E-state index contributed by atoms with van der Waals surface area (Å²) in [4.78, 5) is 18.0. The maximum absolute atomic E-state index is 13.3. The number of rotatable bonds is 5. The van der Waals surface area contributed by atoms with Gasteiger partial charge < -0.3 is 9.47 Å². The van der Waals surface area contributed by atoms with Crippen molar-refractivity contribution in [2.45, 2.75) is 0 Å². The van der Waals surface area contributed by atoms with E-state index >= 15 is 0 Å². The molecule has 6 nitrogen and oxygen atoms in total. The van der Waals surface area contributed by atoms with Crippen LogP contribution in [0.1, 0.15) is 5.56 Å². The number of ether oxygens (including phenoxy) is 2. The van der Waals surface area contributed by atoms with Crippen LogP contribution in [0, 0.1) is 5.82 Å². The van der Waals surface area contributed by atoms with Crippen molar-refractivity contribution in [2.75, 3.05) is 14.2 Å². The van der Waals surface area contributed by atoms with E-state index in [-0.39, 0.29) is 11.4 Å². The number of aromatic nitrogens is 2. The molecule has 0 atom stereocenters. The molecule has 1 aromatic heterocycles. The van der Waals surface area contributed by atoms with Gasteiger partial charge in [0.15, 0.2) is 5.82 Å². The molecule has 8 heteroatoms. The highest BCUT2D eigenvalue weighted by Crippen LogP contribution is 2.29. The summed E-state index contributed by atoms with van der Waals surface area (Å²) in [6.45, 7) is 0. The molecule has 0 spiro atoms. The summed E-state index contributed by atoms with van der Waals surface area (Å²) in [5.41, 5.74) is 1.41. The van der Waals surface area contributed by atoms with Crippen molar-refractivity contribution in [3.63, 3.8) is 0 Å². The summed E-state index contributed by atoms with van der Waals surface area (Å²) < 4.78 is 25.9. The molecule has 0 saturated carbocycles. The van der Waals surface area contributed by atoms with Gasteiger partial charge in [-0.1, -0.05) is 28.1 Å². The predicted octanol–water partition coefficient (Wildman–Crippen LogP) is 4.86. The van der Waals surface area contributed by atoms with Crippen LogP contribution in [-0.4, -0.2) is 30.1 Å². The lowest BCUT2D eigenvalue weighted by molar-refractivity contribution is 0.394. The second-order valence-corrected chi connectivity index (χ2v) is 7.53. The van der Waals surface area contributed by atoms with Crippen molar-refractivity contribution in [2.24, 2.45) is 5.10 Å². The van der Waals surface area contributed by atoms with Gasteiger partial charge in [-0.05, 0) is 48.0 Å². The van der Waals surface area contributed by atoms with Crippen LogP contribution in [0.4, 0.5) is 4.39 Å². The minimum atomic E-state index is -0.351. The Hall–Kier alpha value is -3.52. The van der Waals surface area contributed by atoms with E-state index in [2.05, 4.69) is 26.0 Å². The highest BCUT2D eigenvalue weighted by molar-refractivity contribution is 9.10. The molecule has 4 rings (SSSR count). The third-order valence-corrected chi connectivity index (χ3v) is 5.10. The Balaban J connectivity index is 1.97. The molecule has 0 aliphatic heterocycles. The molecule has 0 fully saturated rings. The Morgan fingerprint density at radius 1 is 1.00 bits per heavy atom. The minimum absolute atomic E-state index is 0.315. The zero-order chi connectivity index (χ0) is 22.0. The fourth-order valence-electron chi connectivity index (χ4n) is 3.05. The number of hydrogen-bond donors (Lipinski definition) is 0. The van der Waals surface area contributed by atoms with E-state index in [9.17, 15) is 9.18 Å². The summed E-state index contributed by atoms with van der Waals surface area (Å²) in [5.74, 6) is 1.06. The number of halogens is 2. The topological polar surface area (TPSA) is 65.7 Å². The SMILES string of the molecule is COc1cc(OC)cc(-c2nc3ccc(Br)cc3c(=O)n2N=Cc2ccc(F)cc2)c1. The molecule has 3 aromatic carbocycles. The number of methoxy groups -OCH3 is 2. The standard InChI is InChI=1S/C23H17BrFN3O3/c1-30-18-9-15(10-19(12-18)31-2)22-27-21-8-5-16(24)11-20(21)23(29)28(22)26-13-14-3-6-17(25)7-4-14/h3-13H,1-2H3. The van der Waals surface area contributed by atoms with Crippen LogP contribution < -0.4 is 15.0 Å². The van der Waals surface area contributed by atoms with Crippen LogP contribution >= 0.6 is 15.9 Å². The van der Waals surface area contributed by atoms with Crippen molar-refractivity contribution >= 4 is 33.0 Å². The molecule has 0 aliphatic carbocycles. The molecular weight excluding hydrogens is 465 g/mol. The van der Waals surface area contributed by atoms with Crippen molar-refractivity contribution in [1.82, 2.24) is 9.66 Å². The van der Waals surface area contributed by atoms with Gasteiger partial charge in [-0.3, -0.25) is 4.79 Å². The molecule has 0 bridgehead atoms. The second kappa shape index (κ2) is 8.69. The van der Waals surface area contributed by atoms with Crippen LogP contribution in [-0.2, 0) is 0 Å². The van der Waals surface area contributed by atoms with Gasteiger partial charge in [-0.25, -0.2) is 9.37 Å². The molecule has 0 aliphatic rings. The number of benzene rings is 3. The van der Waals surface area contributed by atoms with E-state index in [1.54, 1.807) is 56.7 Å². The van der Waals surface area contributed by atoms with Gasteiger partial charge in [-0.2, -0.15) is 9.78 Å².